The Morgan fingerprint density at radius 2 is 0.609 bits per heavy atom. The maximum Gasteiger partial charge on any atom is -1.00 e. The topological polar surface area (TPSA) is 81.4 Å². The number of ether oxygens (including phenoxy) is 4. The van der Waals surface area contributed by atoms with E-state index >= 15 is 5.72 Å². The molecule has 0 aliphatic carbocycles. The fraction of sp³-hybridized carbons (Fsp3) is 0.0204. The summed E-state index contributed by atoms with van der Waals surface area (Å²) >= 11 is -22.3. The van der Waals surface area contributed by atoms with E-state index in [0.717, 1.165) is 99.8 Å². The number of benzene rings is 16. The number of nitrogens with zero attached hydrogens (tertiary/aromatic N) is 6. The molecule has 0 atom stereocenters. The monoisotopic (exact) mass is 2160 g/mol. The number of para-hydroxylation sites is 9. The second-order valence-electron chi connectivity index (χ2n) is 32.0. The molecule has 0 bridgehead atoms. The third kappa shape index (κ3) is 12.0. The largest absolute Gasteiger partial charge is 1.00 e. The van der Waals surface area contributed by atoms with Crippen molar-refractivity contribution >= 4 is 261 Å². The van der Waals surface area contributed by atoms with Crippen LogP contribution in [0.25, 0.3) is 110 Å². The third-order valence-electron chi connectivity index (χ3n) is 25.7. The van der Waals surface area contributed by atoms with E-state index in [1.807, 2.05) is 103 Å². The molecule has 8 aliphatic heterocycles. The van der Waals surface area contributed by atoms with E-state index in [-0.39, 0.29) is 57.3 Å². The molecule has 20 aromatic rings. The van der Waals surface area contributed by atoms with Crippen LogP contribution in [0.5, 0.6) is 46.0 Å². The summed E-state index contributed by atoms with van der Waals surface area (Å²) < 4.78 is 151. The Morgan fingerprint density at radius 1 is 0.273 bits per heavy atom. The summed E-state index contributed by atoms with van der Waals surface area (Å²) in [7, 11) is 0. The molecular weight excluding hydrogens is 2100 g/mol. The smallest absolute Gasteiger partial charge is 1.00 e. The van der Waals surface area contributed by atoms with Crippen LogP contribution in [0.15, 0.2) is 318 Å². The zero-order valence-electron chi connectivity index (χ0n) is 66.7. The molecule has 10 nitrogen and oxygen atoms in total. The number of hydrogen-bond donors (Lipinski definition) is 0. The number of aryl methyl sites for hydroxylation is 2. The first-order valence-electron chi connectivity index (χ1n) is 40.2. The second-order valence-corrected chi connectivity index (χ2v) is 46.7. The Morgan fingerprint density at radius 3 is 1.05 bits per heavy atom. The fourth-order valence-corrected chi connectivity index (χ4v) is 32.9. The number of aromatic nitrogens is 4. The van der Waals surface area contributed by atoms with Gasteiger partial charge in [0.25, 0.3) is 13.4 Å². The molecule has 0 radical (unpaired) electrons. The summed E-state index contributed by atoms with van der Waals surface area (Å²) in [5.41, 5.74) is 28.0. The summed E-state index contributed by atoms with van der Waals surface area (Å²) in [6.07, 6.45) is 0. The van der Waals surface area contributed by atoms with Crippen LogP contribution in [0.3, 0.4) is 0 Å². The van der Waals surface area contributed by atoms with Gasteiger partial charge in [0, 0.05) is 44.0 Å². The number of halogens is 16. The van der Waals surface area contributed by atoms with Crippen LogP contribution in [0, 0.1) is 21.0 Å². The molecule has 0 spiro atoms. The van der Waals surface area contributed by atoms with Gasteiger partial charge in [0.2, 0.25) is 0 Å². The molecular formula is C98H58B4F12I4N6O4-4. The zero-order valence-corrected chi connectivity index (χ0v) is 75.3. The van der Waals surface area contributed by atoms with Crippen molar-refractivity contribution in [2.24, 2.45) is 2.72 Å². The van der Waals surface area contributed by atoms with Gasteiger partial charge in [-0.2, -0.15) is 0 Å². The third-order valence-corrected chi connectivity index (χ3v) is 41.5. The van der Waals surface area contributed by atoms with Crippen molar-refractivity contribution in [3.8, 4) is 68.7 Å². The molecule has 16 aromatic carbocycles. The Kier molecular flexibility index (Phi) is 19.9. The van der Waals surface area contributed by atoms with Crippen LogP contribution in [0.4, 0.5) is 22.9 Å². The minimum Gasteiger partial charge on any atom is -1.00 e. The molecule has 0 amide bonds. The average molecular weight is 2160 g/mol. The molecule has 632 valence electrons. The molecule has 28 rings (SSSR count). The van der Waals surface area contributed by atoms with Crippen LogP contribution < -0.4 is 103 Å². The fourth-order valence-electron chi connectivity index (χ4n) is 21.2. The summed E-state index contributed by atoms with van der Waals surface area (Å²) in [5.74, 6) is 5.95. The minimum atomic E-state index is -6.26. The van der Waals surface area contributed by atoms with Gasteiger partial charge in [-0.1, -0.05) is 115 Å². The Hall–Kier alpha value is -12.1. The predicted octanol–water partition coefficient (Wildman–Crippen LogP) is 10.2. The summed E-state index contributed by atoms with van der Waals surface area (Å²) in [6, 6.07) is 105. The van der Waals surface area contributed by atoms with Gasteiger partial charge < -0.3 is 37.4 Å². The molecule has 4 aromatic heterocycles. The SMILES string of the molecule is Cc1ccc2c(c1)Oc1cccc3c1B2c1cccc2c4ccccc4n-3c12.Cc1cccc2c1Oc1cccc3c1B2c1cccc2c4ccccc4n-3c12.FI(F)N=I(F)(F)c1ccc2c(c1)B1c3c(cccc3-n3c4ccccc4c4cccc1c43)O2.FI(F)N=I(F)(F)c1cccc2c1B1c3c(cccc3-n3c4ccccc4c4cccc1c43)O2.[F-].[F-].[F-].[F-]. The van der Waals surface area contributed by atoms with Crippen molar-refractivity contribution in [1.82, 2.24) is 18.3 Å². The molecule has 0 saturated carbocycles. The van der Waals surface area contributed by atoms with E-state index in [1.54, 1.807) is 6.07 Å². The molecule has 12 heterocycles. The van der Waals surface area contributed by atoms with E-state index in [0.29, 0.717) is 22.7 Å². The normalized spacial score (nSPS) is 13.5. The first-order chi connectivity index (χ1) is 60.5. The van der Waals surface area contributed by atoms with E-state index < -0.39 is 88.0 Å². The molecule has 0 fully saturated rings. The summed E-state index contributed by atoms with van der Waals surface area (Å²) in [5, 5.41) is 9.53. The van der Waals surface area contributed by atoms with Gasteiger partial charge in [0.05, 0.1) is 11.0 Å². The van der Waals surface area contributed by atoms with Gasteiger partial charge in [-0.05, 0) is 100 Å². The van der Waals surface area contributed by atoms with Gasteiger partial charge in [0.15, 0.2) is 0 Å². The van der Waals surface area contributed by atoms with Crippen LogP contribution in [0.1, 0.15) is 11.1 Å². The van der Waals surface area contributed by atoms with Crippen LogP contribution in [-0.2, 0) is 0 Å². The Labute approximate surface area is 751 Å². The molecule has 0 unspecified atom stereocenters. The molecule has 30 heteroatoms. The van der Waals surface area contributed by atoms with Crippen molar-refractivity contribution in [1.29, 1.82) is 0 Å². The maximum atomic E-state index is 15.3. The molecule has 8 aliphatic rings. The molecule has 0 saturated heterocycles. The van der Waals surface area contributed by atoms with Crippen LogP contribution >= 0.6 is 81.3 Å². The van der Waals surface area contributed by atoms with Crippen molar-refractivity contribution in [2.75, 3.05) is 0 Å². The van der Waals surface area contributed by atoms with Crippen molar-refractivity contribution in [3.05, 3.63) is 334 Å². The zero-order chi connectivity index (χ0) is 83.2. The second kappa shape index (κ2) is 30.8. The first-order valence-corrected chi connectivity index (χ1v) is 52.7. The Bertz CT molecular complexity index is 8330. The van der Waals surface area contributed by atoms with Gasteiger partial charge in [-0.15, -0.1) is 0 Å². The van der Waals surface area contributed by atoms with E-state index in [2.05, 4.69) is 211 Å². The summed E-state index contributed by atoms with van der Waals surface area (Å²) in [6.45, 7) is 3.75. The number of hydrogen-bond acceptors (Lipinski definition) is 6. The van der Waals surface area contributed by atoms with Crippen molar-refractivity contribution in [3.63, 3.8) is 0 Å². The number of fused-ring (bicyclic) bond motifs is 28. The Balaban J connectivity index is 0.000000103. The van der Waals surface area contributed by atoms with Crippen molar-refractivity contribution in [2.45, 2.75) is 13.8 Å². The first kappa shape index (κ1) is 82.8. The quantitative estimate of drug-likeness (QED) is 0.0999. The van der Waals surface area contributed by atoms with Crippen LogP contribution in [0.2, 0.25) is 0 Å². The van der Waals surface area contributed by atoms with E-state index in [4.69, 9.17) is 18.9 Å². The van der Waals surface area contributed by atoms with Gasteiger partial charge in [0.1, 0.15) is 23.0 Å². The van der Waals surface area contributed by atoms with E-state index in [1.165, 1.54) is 129 Å². The molecule has 128 heavy (non-hydrogen) atoms. The molecule has 0 N–H and O–H groups in total. The van der Waals surface area contributed by atoms with Crippen molar-refractivity contribution < 1.29 is 60.6 Å². The standard InChI is InChI=1S/2C25H16BNO.2C24H13BF4I2N2O.4FH/c1-15-7-4-11-19-25(15)28-22-14-6-13-21-23(22)26(19)18-10-5-9-17-16-8-2-3-12-20(16)27(21)24(17)18;1-15-12-13-18-23(14-15)28-22-11-5-10-21-24(22)26(18)19-8-4-7-17-16-6-2-3-9-20(16)27(21)25(17)19;26-30(27)32-31(28,29)17-9-4-12-20-22(17)25-16-8-3-7-15-14-6-1-2-10-18(14)33(24(15)16)19-11-5-13-21(34-20)23(19)25;26-30(27)32-31(28,29)14-11-12-21-18(13-14)25-17-7-3-6-16-15-5-1-2-8-19(15)33(24(16)17)20-9-4-10-22(34-21)23(20)25;;;;/h2*2-14H,1H3;2*1-13H;4*1H/p-4. The van der Waals surface area contributed by atoms with E-state index in [9.17, 15) is 17.2 Å². The van der Waals surface area contributed by atoms with Crippen LogP contribution in [-0.4, -0.2) is 45.1 Å². The van der Waals surface area contributed by atoms with Gasteiger partial charge in [-0.25, -0.2) is 0 Å². The minimum absolute atomic E-state index is 0. The number of rotatable bonds is 4. The average Bonchev–Trinajstić information content (AvgIpc) is 1.45. The predicted molar refractivity (Wildman–Crippen MR) is 524 cm³/mol. The maximum absolute atomic E-state index is 15.3. The van der Waals surface area contributed by atoms with Gasteiger partial charge >= 0.3 is 415 Å². The van der Waals surface area contributed by atoms with Gasteiger partial charge in [-0.3, -0.25) is 0 Å². The summed E-state index contributed by atoms with van der Waals surface area (Å²) in [4.78, 5) is 0.